The van der Waals surface area contributed by atoms with Crippen molar-refractivity contribution in [2.45, 2.75) is 37.3 Å². The fraction of sp³-hybridized carbons (Fsp3) is 0.429. The lowest BCUT2D eigenvalue weighted by atomic mass is 10.2. The van der Waals surface area contributed by atoms with Crippen LogP contribution in [0.3, 0.4) is 0 Å². The number of aliphatic carboxylic acids is 1. The molecule has 6 heteroatoms. The van der Waals surface area contributed by atoms with E-state index in [2.05, 4.69) is 5.32 Å². The van der Waals surface area contributed by atoms with Crippen LogP contribution in [0.2, 0.25) is 0 Å². The Bertz CT molecular complexity index is 456. The summed E-state index contributed by atoms with van der Waals surface area (Å²) in [6.07, 6.45) is -0.724. The van der Waals surface area contributed by atoms with Crippen LogP contribution in [0, 0.1) is 0 Å². The van der Waals surface area contributed by atoms with Crippen molar-refractivity contribution in [1.82, 2.24) is 5.32 Å². The summed E-state index contributed by atoms with van der Waals surface area (Å²) in [5.41, 5.74) is -0.653. The van der Waals surface area contributed by atoms with Gasteiger partial charge in [-0.05, 0) is 32.9 Å². The summed E-state index contributed by atoms with van der Waals surface area (Å²) in [7, 11) is 0. The zero-order valence-corrected chi connectivity index (χ0v) is 12.6. The van der Waals surface area contributed by atoms with Crippen molar-refractivity contribution in [3.05, 3.63) is 30.3 Å². The summed E-state index contributed by atoms with van der Waals surface area (Å²) in [5, 5.41) is 11.5. The number of carboxylic acids is 1. The number of benzene rings is 1. The fourth-order valence-electron chi connectivity index (χ4n) is 1.32. The van der Waals surface area contributed by atoms with Crippen molar-refractivity contribution < 1.29 is 19.4 Å². The molecule has 110 valence electrons. The van der Waals surface area contributed by atoms with Crippen LogP contribution < -0.4 is 5.32 Å². The van der Waals surface area contributed by atoms with Gasteiger partial charge in [-0.1, -0.05) is 18.2 Å². The number of carboxylic acid groups (broad SMARTS) is 1. The number of rotatable bonds is 5. The molecule has 0 fully saturated rings. The quantitative estimate of drug-likeness (QED) is 0.817. The van der Waals surface area contributed by atoms with Crippen molar-refractivity contribution in [2.24, 2.45) is 0 Å². The van der Waals surface area contributed by atoms with Crippen molar-refractivity contribution in [3.8, 4) is 0 Å². The van der Waals surface area contributed by atoms with Crippen LogP contribution in [-0.2, 0) is 9.53 Å². The number of ether oxygens (including phenoxy) is 1. The van der Waals surface area contributed by atoms with Gasteiger partial charge in [0, 0.05) is 10.6 Å². The van der Waals surface area contributed by atoms with Crippen LogP contribution >= 0.6 is 11.8 Å². The second-order valence-corrected chi connectivity index (χ2v) is 6.25. The lowest BCUT2D eigenvalue weighted by molar-refractivity contribution is -0.138. The highest BCUT2D eigenvalue weighted by Crippen LogP contribution is 2.18. The molecule has 0 aromatic heterocycles. The first kappa shape index (κ1) is 16.4. The van der Waals surface area contributed by atoms with Crippen LogP contribution in [0.4, 0.5) is 4.79 Å². The molecule has 0 heterocycles. The molecule has 0 bridgehead atoms. The Balaban J connectivity index is 2.53. The molecule has 0 spiro atoms. The molecule has 0 unspecified atom stereocenters. The van der Waals surface area contributed by atoms with Crippen molar-refractivity contribution >= 4 is 23.8 Å². The molecule has 0 aliphatic heterocycles. The molecule has 0 saturated heterocycles. The molecular formula is C14H19NO4S. The molecule has 2 N–H and O–H groups in total. The van der Waals surface area contributed by atoms with Crippen molar-refractivity contribution in [1.29, 1.82) is 0 Å². The van der Waals surface area contributed by atoms with Gasteiger partial charge < -0.3 is 15.2 Å². The van der Waals surface area contributed by atoms with Gasteiger partial charge in [0.2, 0.25) is 0 Å². The van der Waals surface area contributed by atoms with Gasteiger partial charge in [-0.2, -0.15) is 0 Å². The number of thioether (sulfide) groups is 1. The maximum atomic E-state index is 11.6. The molecule has 1 aromatic rings. The van der Waals surface area contributed by atoms with Crippen LogP contribution in [0.5, 0.6) is 0 Å². The van der Waals surface area contributed by atoms with Gasteiger partial charge >= 0.3 is 12.1 Å². The van der Waals surface area contributed by atoms with Crippen LogP contribution in [-0.4, -0.2) is 34.6 Å². The van der Waals surface area contributed by atoms with E-state index >= 15 is 0 Å². The average Bonchev–Trinajstić information content (AvgIpc) is 2.33. The van der Waals surface area contributed by atoms with E-state index in [4.69, 9.17) is 9.84 Å². The largest absolute Gasteiger partial charge is 0.480 e. The van der Waals surface area contributed by atoms with Gasteiger partial charge in [0.05, 0.1) is 0 Å². The van der Waals surface area contributed by atoms with Gasteiger partial charge in [-0.25, -0.2) is 9.59 Å². The van der Waals surface area contributed by atoms with Gasteiger partial charge in [0.15, 0.2) is 0 Å². The molecular weight excluding hydrogens is 278 g/mol. The molecule has 20 heavy (non-hydrogen) atoms. The van der Waals surface area contributed by atoms with Crippen LogP contribution in [0.1, 0.15) is 20.8 Å². The predicted octanol–water partition coefficient (Wildman–Crippen LogP) is 2.76. The third-order valence-corrected chi connectivity index (χ3v) is 3.25. The van der Waals surface area contributed by atoms with Crippen LogP contribution in [0.25, 0.3) is 0 Å². The topological polar surface area (TPSA) is 75.6 Å². The lowest BCUT2D eigenvalue weighted by Gasteiger charge is -2.21. The zero-order valence-electron chi connectivity index (χ0n) is 11.8. The summed E-state index contributed by atoms with van der Waals surface area (Å²) >= 11 is 1.37. The molecule has 1 atom stereocenters. The second kappa shape index (κ2) is 7.19. The van der Waals surface area contributed by atoms with E-state index in [9.17, 15) is 9.59 Å². The van der Waals surface area contributed by atoms with Gasteiger partial charge in [0.25, 0.3) is 0 Å². The normalized spacial score (nSPS) is 12.6. The third-order valence-electron chi connectivity index (χ3n) is 2.15. The Morgan fingerprint density at radius 3 is 2.40 bits per heavy atom. The average molecular weight is 297 g/mol. The minimum atomic E-state index is -1.08. The number of carbonyl (C=O) groups excluding carboxylic acids is 1. The Hall–Kier alpha value is -1.69. The summed E-state index contributed by atoms with van der Waals surface area (Å²) in [4.78, 5) is 23.7. The first-order valence-corrected chi connectivity index (χ1v) is 7.16. The fourth-order valence-corrected chi connectivity index (χ4v) is 2.26. The molecule has 0 radical (unpaired) electrons. The SMILES string of the molecule is CC(C)(C)OC(=O)N[C@H](CSc1ccccc1)C(=O)O. The standard InChI is InChI=1S/C14H19NO4S/c1-14(2,3)19-13(18)15-11(12(16)17)9-20-10-7-5-4-6-8-10/h4-8,11H,9H2,1-3H3,(H,15,18)(H,16,17)/t11-/m1/s1. The number of amides is 1. The van der Waals surface area contributed by atoms with E-state index in [1.54, 1.807) is 20.8 Å². The molecule has 1 rings (SSSR count). The Morgan fingerprint density at radius 1 is 1.30 bits per heavy atom. The van der Waals surface area contributed by atoms with Gasteiger partial charge in [-0.15, -0.1) is 11.8 Å². The maximum absolute atomic E-state index is 11.6. The molecule has 1 aromatic carbocycles. The van der Waals surface area contributed by atoms with E-state index in [0.29, 0.717) is 0 Å². The molecule has 0 aliphatic rings. The number of alkyl carbamates (subject to hydrolysis) is 1. The zero-order chi connectivity index (χ0) is 15.2. The summed E-state index contributed by atoms with van der Waals surface area (Å²) < 4.78 is 5.05. The summed E-state index contributed by atoms with van der Waals surface area (Å²) in [5.74, 6) is -0.849. The highest BCUT2D eigenvalue weighted by Gasteiger charge is 2.23. The van der Waals surface area contributed by atoms with Gasteiger partial charge in [0.1, 0.15) is 11.6 Å². The first-order chi connectivity index (χ1) is 9.28. The minimum absolute atomic E-state index is 0.235. The van der Waals surface area contributed by atoms with E-state index in [0.717, 1.165) is 4.90 Å². The van der Waals surface area contributed by atoms with E-state index in [1.807, 2.05) is 30.3 Å². The molecule has 1 amide bonds. The summed E-state index contributed by atoms with van der Waals surface area (Å²) in [6, 6.07) is 8.42. The number of carbonyl (C=O) groups is 2. The van der Waals surface area contributed by atoms with Gasteiger partial charge in [-0.3, -0.25) is 0 Å². The van der Waals surface area contributed by atoms with E-state index in [-0.39, 0.29) is 5.75 Å². The second-order valence-electron chi connectivity index (χ2n) is 5.16. The van der Waals surface area contributed by atoms with Crippen molar-refractivity contribution in [3.63, 3.8) is 0 Å². The van der Waals surface area contributed by atoms with Crippen molar-refractivity contribution in [2.75, 3.05) is 5.75 Å². The monoisotopic (exact) mass is 297 g/mol. The predicted molar refractivity (Wildman–Crippen MR) is 78.0 cm³/mol. The number of hydrogen-bond acceptors (Lipinski definition) is 4. The van der Waals surface area contributed by atoms with E-state index < -0.39 is 23.7 Å². The summed E-state index contributed by atoms with van der Waals surface area (Å²) in [6.45, 7) is 5.17. The Morgan fingerprint density at radius 2 is 1.90 bits per heavy atom. The highest BCUT2D eigenvalue weighted by molar-refractivity contribution is 7.99. The maximum Gasteiger partial charge on any atom is 0.408 e. The smallest absolute Gasteiger partial charge is 0.408 e. The number of hydrogen-bond donors (Lipinski definition) is 2. The lowest BCUT2D eigenvalue weighted by Crippen LogP contribution is -2.44. The Labute approximate surface area is 122 Å². The highest BCUT2D eigenvalue weighted by atomic mass is 32.2. The first-order valence-electron chi connectivity index (χ1n) is 6.18. The molecule has 0 saturated carbocycles. The Kier molecular flexibility index (Phi) is 5.88. The van der Waals surface area contributed by atoms with E-state index in [1.165, 1.54) is 11.8 Å². The number of nitrogens with one attached hydrogen (secondary N) is 1. The third kappa shape index (κ3) is 6.47. The minimum Gasteiger partial charge on any atom is -0.480 e. The molecule has 5 nitrogen and oxygen atoms in total. The van der Waals surface area contributed by atoms with Crippen LogP contribution in [0.15, 0.2) is 35.2 Å². The molecule has 0 aliphatic carbocycles.